The fourth-order valence-corrected chi connectivity index (χ4v) is 2.61. The van der Waals surface area contributed by atoms with Crippen molar-refractivity contribution < 1.29 is 14.0 Å². The Hall–Kier alpha value is -2.11. The van der Waals surface area contributed by atoms with Crippen LogP contribution in [0.1, 0.15) is 12.5 Å². The van der Waals surface area contributed by atoms with Gasteiger partial charge in [-0.05, 0) is 24.3 Å². The van der Waals surface area contributed by atoms with Gasteiger partial charge in [0.2, 0.25) is 11.8 Å². The number of nitrogens with one attached hydrogen (secondary N) is 1. The predicted molar refractivity (Wildman–Crippen MR) is 92.7 cm³/mol. The second kappa shape index (κ2) is 8.13. The van der Waals surface area contributed by atoms with Crippen LogP contribution in [0.25, 0.3) is 0 Å². The van der Waals surface area contributed by atoms with E-state index in [4.69, 9.17) is 23.2 Å². The van der Waals surface area contributed by atoms with Crippen LogP contribution in [-0.4, -0.2) is 18.4 Å². The summed E-state index contributed by atoms with van der Waals surface area (Å²) in [5.74, 6) is -1.18. The van der Waals surface area contributed by atoms with Gasteiger partial charge in [0.1, 0.15) is 12.4 Å². The molecule has 0 aromatic heterocycles. The zero-order chi connectivity index (χ0) is 17.7. The molecule has 0 saturated carbocycles. The Balaban J connectivity index is 2.06. The van der Waals surface area contributed by atoms with Gasteiger partial charge in [-0.2, -0.15) is 0 Å². The fourth-order valence-electron chi connectivity index (χ4n) is 2.10. The first-order valence-electron chi connectivity index (χ1n) is 7.11. The van der Waals surface area contributed by atoms with Crippen molar-refractivity contribution in [3.8, 4) is 0 Å². The fraction of sp³-hybridized carbons (Fsp3) is 0.176. The van der Waals surface area contributed by atoms with Crippen molar-refractivity contribution in [1.29, 1.82) is 0 Å². The van der Waals surface area contributed by atoms with Crippen molar-refractivity contribution in [2.24, 2.45) is 0 Å². The number of carbonyl (C=O) groups excluding carboxylic acids is 2. The van der Waals surface area contributed by atoms with E-state index in [1.54, 1.807) is 30.3 Å². The first kappa shape index (κ1) is 18.2. The molecule has 0 spiro atoms. The normalized spacial score (nSPS) is 10.3. The van der Waals surface area contributed by atoms with Gasteiger partial charge in [-0.25, -0.2) is 4.39 Å². The Morgan fingerprint density at radius 2 is 1.88 bits per heavy atom. The molecule has 2 rings (SSSR count). The number of anilines is 1. The minimum atomic E-state index is -0.431. The van der Waals surface area contributed by atoms with E-state index in [2.05, 4.69) is 5.32 Å². The predicted octanol–water partition coefficient (Wildman–Crippen LogP) is 3.80. The Morgan fingerprint density at radius 3 is 2.50 bits per heavy atom. The molecule has 126 valence electrons. The Labute approximate surface area is 149 Å². The number of halogens is 3. The highest BCUT2D eigenvalue weighted by Gasteiger charge is 2.18. The van der Waals surface area contributed by atoms with E-state index in [0.29, 0.717) is 16.3 Å². The molecule has 0 unspecified atom stereocenters. The summed E-state index contributed by atoms with van der Waals surface area (Å²) in [7, 11) is 0. The molecule has 0 atom stereocenters. The molecule has 0 aliphatic rings. The van der Waals surface area contributed by atoms with Crippen LogP contribution < -0.4 is 10.2 Å². The summed E-state index contributed by atoms with van der Waals surface area (Å²) < 4.78 is 13.5. The number of carbonyl (C=O) groups is 2. The van der Waals surface area contributed by atoms with Crippen LogP contribution in [-0.2, 0) is 16.1 Å². The standard InChI is InChI=1S/C17H15Cl2FN2O2/c1-11(23)22(16-7-6-13(18)8-14(16)19)10-17(24)21-9-12-4-2-3-5-15(12)20/h2-8H,9-10H2,1H3,(H,21,24). The maximum absolute atomic E-state index is 13.5. The van der Waals surface area contributed by atoms with Gasteiger partial charge >= 0.3 is 0 Å². The lowest BCUT2D eigenvalue weighted by molar-refractivity contribution is -0.123. The molecular weight excluding hydrogens is 354 g/mol. The molecule has 1 N–H and O–H groups in total. The van der Waals surface area contributed by atoms with E-state index < -0.39 is 11.7 Å². The average molecular weight is 369 g/mol. The maximum Gasteiger partial charge on any atom is 0.240 e. The number of amides is 2. The third-order valence-corrected chi connectivity index (χ3v) is 3.85. The van der Waals surface area contributed by atoms with E-state index >= 15 is 0 Å². The zero-order valence-electron chi connectivity index (χ0n) is 12.9. The molecule has 7 heteroatoms. The summed E-state index contributed by atoms with van der Waals surface area (Å²) in [4.78, 5) is 25.2. The SMILES string of the molecule is CC(=O)N(CC(=O)NCc1ccccc1F)c1ccc(Cl)cc1Cl. The smallest absolute Gasteiger partial charge is 0.240 e. The monoisotopic (exact) mass is 368 g/mol. The summed E-state index contributed by atoms with van der Waals surface area (Å²) in [5.41, 5.74) is 0.749. The second-order valence-electron chi connectivity index (χ2n) is 5.07. The number of hydrogen-bond acceptors (Lipinski definition) is 2. The number of rotatable bonds is 5. The summed E-state index contributed by atoms with van der Waals surface area (Å²) in [5, 5.41) is 3.27. The lowest BCUT2D eigenvalue weighted by Gasteiger charge is -2.22. The van der Waals surface area contributed by atoms with Gasteiger partial charge in [-0.15, -0.1) is 0 Å². The summed E-state index contributed by atoms with van der Waals surface area (Å²) in [6.45, 7) is 1.13. The molecule has 0 radical (unpaired) electrons. The quantitative estimate of drug-likeness (QED) is 0.872. The Kier molecular flexibility index (Phi) is 6.17. The highest BCUT2D eigenvalue weighted by atomic mass is 35.5. The van der Waals surface area contributed by atoms with Gasteiger partial charge in [0.05, 0.1) is 10.7 Å². The van der Waals surface area contributed by atoms with Crippen molar-refractivity contribution in [2.45, 2.75) is 13.5 Å². The molecule has 0 aliphatic carbocycles. The topological polar surface area (TPSA) is 49.4 Å². The Bertz CT molecular complexity index is 768. The van der Waals surface area contributed by atoms with E-state index in [1.807, 2.05) is 0 Å². The van der Waals surface area contributed by atoms with Gasteiger partial charge in [0, 0.05) is 24.1 Å². The number of benzene rings is 2. The molecule has 24 heavy (non-hydrogen) atoms. The summed E-state index contributed by atoms with van der Waals surface area (Å²) in [6.07, 6.45) is 0. The van der Waals surface area contributed by atoms with Gasteiger partial charge in [-0.3, -0.25) is 9.59 Å². The van der Waals surface area contributed by atoms with Gasteiger partial charge in [0.15, 0.2) is 0 Å². The van der Waals surface area contributed by atoms with Crippen LogP contribution in [0.5, 0.6) is 0 Å². The largest absolute Gasteiger partial charge is 0.350 e. The zero-order valence-corrected chi connectivity index (χ0v) is 14.4. The third kappa shape index (κ3) is 4.69. The average Bonchev–Trinajstić information content (AvgIpc) is 2.52. The second-order valence-corrected chi connectivity index (χ2v) is 5.91. The van der Waals surface area contributed by atoms with Crippen molar-refractivity contribution in [3.05, 3.63) is 63.9 Å². The van der Waals surface area contributed by atoms with Crippen LogP contribution in [0.2, 0.25) is 10.0 Å². The van der Waals surface area contributed by atoms with Crippen LogP contribution in [0, 0.1) is 5.82 Å². The van der Waals surface area contributed by atoms with E-state index in [9.17, 15) is 14.0 Å². The van der Waals surface area contributed by atoms with Crippen LogP contribution in [0.15, 0.2) is 42.5 Å². The lowest BCUT2D eigenvalue weighted by Crippen LogP contribution is -2.39. The number of hydrogen-bond donors (Lipinski definition) is 1. The highest BCUT2D eigenvalue weighted by Crippen LogP contribution is 2.28. The maximum atomic E-state index is 13.5. The van der Waals surface area contributed by atoms with Crippen molar-refractivity contribution in [3.63, 3.8) is 0 Å². The molecule has 0 heterocycles. The van der Waals surface area contributed by atoms with E-state index in [0.717, 1.165) is 0 Å². The first-order valence-corrected chi connectivity index (χ1v) is 7.87. The van der Waals surface area contributed by atoms with Crippen molar-refractivity contribution in [1.82, 2.24) is 5.32 Å². The molecule has 2 aromatic rings. The van der Waals surface area contributed by atoms with Crippen molar-refractivity contribution in [2.75, 3.05) is 11.4 Å². The van der Waals surface area contributed by atoms with Crippen LogP contribution >= 0.6 is 23.2 Å². The lowest BCUT2D eigenvalue weighted by atomic mass is 10.2. The molecule has 0 saturated heterocycles. The van der Waals surface area contributed by atoms with Gasteiger partial charge in [-0.1, -0.05) is 41.4 Å². The first-order chi connectivity index (χ1) is 11.4. The molecule has 2 aromatic carbocycles. The molecule has 4 nitrogen and oxygen atoms in total. The molecule has 2 amide bonds. The Morgan fingerprint density at radius 1 is 1.17 bits per heavy atom. The molecule has 0 aliphatic heterocycles. The van der Waals surface area contributed by atoms with Crippen LogP contribution in [0.4, 0.5) is 10.1 Å². The number of nitrogens with zero attached hydrogens (tertiary/aromatic N) is 1. The summed E-state index contributed by atoms with van der Waals surface area (Å²) in [6, 6.07) is 10.8. The van der Waals surface area contributed by atoms with Crippen LogP contribution in [0.3, 0.4) is 0 Å². The molecular formula is C17H15Cl2FN2O2. The van der Waals surface area contributed by atoms with Crippen molar-refractivity contribution >= 4 is 40.7 Å². The minimum Gasteiger partial charge on any atom is -0.350 e. The molecule has 0 fully saturated rings. The molecule has 0 bridgehead atoms. The van der Waals surface area contributed by atoms with Gasteiger partial charge in [0.25, 0.3) is 0 Å². The summed E-state index contributed by atoms with van der Waals surface area (Å²) >= 11 is 11.9. The van der Waals surface area contributed by atoms with E-state index in [1.165, 1.54) is 24.0 Å². The minimum absolute atomic E-state index is 0.0333. The van der Waals surface area contributed by atoms with E-state index in [-0.39, 0.29) is 24.0 Å². The van der Waals surface area contributed by atoms with Gasteiger partial charge < -0.3 is 10.2 Å². The highest BCUT2D eigenvalue weighted by molar-refractivity contribution is 6.36. The third-order valence-electron chi connectivity index (χ3n) is 3.32.